The number of amides is 1. The highest BCUT2D eigenvalue weighted by Crippen LogP contribution is 2.12. The second-order valence-electron chi connectivity index (χ2n) is 4.12. The molecular weight excluding hydrogens is 244 g/mol. The number of hydrogen-bond donors (Lipinski definition) is 1. The van der Waals surface area contributed by atoms with Crippen LogP contribution < -0.4 is 5.32 Å². The van der Waals surface area contributed by atoms with Gasteiger partial charge in [0.25, 0.3) is 5.91 Å². The molecule has 2 rings (SSSR count). The van der Waals surface area contributed by atoms with Gasteiger partial charge in [0, 0.05) is 23.7 Å². The number of aromatic nitrogens is 1. The van der Waals surface area contributed by atoms with Crippen LogP contribution in [0.5, 0.6) is 0 Å². The lowest BCUT2D eigenvalue weighted by molar-refractivity contribution is 0.101. The summed E-state index contributed by atoms with van der Waals surface area (Å²) in [5.74, 6) is 0.318. The maximum Gasteiger partial charge on any atom is 0.277 e. The molecule has 0 fully saturated rings. The van der Waals surface area contributed by atoms with Gasteiger partial charge in [0.1, 0.15) is 5.76 Å². The highest BCUT2D eigenvalue weighted by Gasteiger charge is 2.12. The maximum atomic E-state index is 11.9. The highest BCUT2D eigenvalue weighted by molar-refractivity contribution is 6.03. The molecule has 0 bridgehead atoms. The van der Waals surface area contributed by atoms with E-state index in [2.05, 4.69) is 10.5 Å². The standard InChI is InChI=1S/C14H14N2O3/c1-3-12-8-13(16-19-12)14(18)15-11-6-4-10(5-7-11)9(2)17/h4-8H,3H2,1-2H3,(H,15,18). The Morgan fingerprint density at radius 2 is 1.95 bits per heavy atom. The summed E-state index contributed by atoms with van der Waals surface area (Å²) in [5.41, 5.74) is 1.45. The van der Waals surface area contributed by atoms with E-state index in [0.717, 1.165) is 0 Å². The first kappa shape index (κ1) is 13.0. The van der Waals surface area contributed by atoms with Gasteiger partial charge in [-0.1, -0.05) is 12.1 Å². The van der Waals surface area contributed by atoms with Crippen LogP contribution in [0, 0.1) is 0 Å². The van der Waals surface area contributed by atoms with Crippen LogP contribution in [0.25, 0.3) is 0 Å². The summed E-state index contributed by atoms with van der Waals surface area (Å²) < 4.78 is 4.97. The number of carbonyl (C=O) groups is 2. The molecule has 0 radical (unpaired) electrons. The van der Waals surface area contributed by atoms with Gasteiger partial charge in [-0.05, 0) is 31.2 Å². The largest absolute Gasteiger partial charge is 0.361 e. The van der Waals surface area contributed by atoms with Crippen molar-refractivity contribution >= 4 is 17.4 Å². The van der Waals surface area contributed by atoms with E-state index < -0.39 is 0 Å². The zero-order valence-electron chi connectivity index (χ0n) is 10.8. The topological polar surface area (TPSA) is 72.2 Å². The number of rotatable bonds is 4. The minimum Gasteiger partial charge on any atom is -0.361 e. The van der Waals surface area contributed by atoms with Crippen molar-refractivity contribution in [2.75, 3.05) is 5.32 Å². The van der Waals surface area contributed by atoms with Gasteiger partial charge in [-0.25, -0.2) is 0 Å². The van der Waals surface area contributed by atoms with Crippen molar-refractivity contribution in [1.82, 2.24) is 5.16 Å². The second kappa shape index (κ2) is 5.48. The van der Waals surface area contributed by atoms with Gasteiger partial charge in [-0.15, -0.1) is 0 Å². The van der Waals surface area contributed by atoms with Crippen molar-refractivity contribution in [1.29, 1.82) is 0 Å². The van der Waals surface area contributed by atoms with Crippen LogP contribution in [0.1, 0.15) is 40.5 Å². The fourth-order valence-electron chi connectivity index (χ4n) is 1.57. The van der Waals surface area contributed by atoms with E-state index in [1.165, 1.54) is 6.92 Å². The molecule has 0 unspecified atom stereocenters. The van der Waals surface area contributed by atoms with E-state index in [9.17, 15) is 9.59 Å². The first-order valence-electron chi connectivity index (χ1n) is 5.98. The molecule has 1 heterocycles. The lowest BCUT2D eigenvalue weighted by Gasteiger charge is -2.03. The Balaban J connectivity index is 2.08. The predicted octanol–water partition coefficient (Wildman–Crippen LogP) is 2.69. The summed E-state index contributed by atoms with van der Waals surface area (Å²) in [5, 5.41) is 6.38. The van der Waals surface area contributed by atoms with Crippen LogP contribution in [0.4, 0.5) is 5.69 Å². The van der Waals surface area contributed by atoms with Crippen molar-refractivity contribution in [3.05, 3.63) is 47.3 Å². The van der Waals surface area contributed by atoms with Gasteiger partial charge in [-0.3, -0.25) is 9.59 Å². The SMILES string of the molecule is CCc1cc(C(=O)Nc2ccc(C(C)=O)cc2)no1. The van der Waals surface area contributed by atoms with Crippen molar-refractivity contribution < 1.29 is 14.1 Å². The first-order chi connectivity index (χ1) is 9.10. The molecule has 0 atom stereocenters. The van der Waals surface area contributed by atoms with E-state index in [1.807, 2.05) is 6.92 Å². The van der Waals surface area contributed by atoms with E-state index in [1.54, 1.807) is 30.3 Å². The van der Waals surface area contributed by atoms with Crippen molar-refractivity contribution in [3.63, 3.8) is 0 Å². The van der Waals surface area contributed by atoms with Crippen molar-refractivity contribution in [2.24, 2.45) is 0 Å². The Morgan fingerprint density at radius 1 is 1.26 bits per heavy atom. The predicted molar refractivity (Wildman–Crippen MR) is 70.3 cm³/mol. The van der Waals surface area contributed by atoms with E-state index >= 15 is 0 Å². The van der Waals surface area contributed by atoms with Gasteiger partial charge >= 0.3 is 0 Å². The lowest BCUT2D eigenvalue weighted by Crippen LogP contribution is -2.12. The maximum absolute atomic E-state index is 11.9. The van der Waals surface area contributed by atoms with Gasteiger partial charge < -0.3 is 9.84 Å². The number of hydrogen-bond acceptors (Lipinski definition) is 4. The monoisotopic (exact) mass is 258 g/mol. The second-order valence-corrected chi connectivity index (χ2v) is 4.12. The third kappa shape index (κ3) is 3.07. The minimum atomic E-state index is -0.334. The minimum absolute atomic E-state index is 0.0121. The fourth-order valence-corrected chi connectivity index (χ4v) is 1.57. The number of aryl methyl sites for hydroxylation is 1. The Kier molecular flexibility index (Phi) is 3.75. The Labute approximate surface area is 110 Å². The molecular formula is C14H14N2O3. The Bertz CT molecular complexity index is 599. The van der Waals surface area contributed by atoms with Gasteiger partial charge in [0.15, 0.2) is 11.5 Å². The molecule has 1 aromatic carbocycles. The fraction of sp³-hybridized carbons (Fsp3) is 0.214. The number of nitrogens with one attached hydrogen (secondary N) is 1. The molecule has 1 aromatic heterocycles. The van der Waals surface area contributed by atoms with Crippen LogP contribution >= 0.6 is 0 Å². The third-order valence-electron chi connectivity index (χ3n) is 2.69. The van der Waals surface area contributed by atoms with Crippen LogP contribution in [-0.2, 0) is 6.42 Å². The molecule has 0 aliphatic heterocycles. The molecule has 5 heteroatoms. The van der Waals surface area contributed by atoms with E-state index in [0.29, 0.717) is 23.4 Å². The number of ketones is 1. The summed E-state index contributed by atoms with van der Waals surface area (Å²) >= 11 is 0. The normalized spacial score (nSPS) is 10.2. The molecule has 5 nitrogen and oxygen atoms in total. The highest BCUT2D eigenvalue weighted by atomic mass is 16.5. The molecule has 98 valence electrons. The van der Waals surface area contributed by atoms with Crippen LogP contribution in [0.3, 0.4) is 0 Å². The summed E-state index contributed by atoms with van der Waals surface area (Å²) in [6.07, 6.45) is 0.688. The zero-order chi connectivity index (χ0) is 13.8. The molecule has 0 saturated carbocycles. The summed E-state index contributed by atoms with van der Waals surface area (Å²) in [4.78, 5) is 23.0. The molecule has 0 spiro atoms. The van der Waals surface area contributed by atoms with E-state index in [4.69, 9.17) is 4.52 Å². The molecule has 2 aromatic rings. The molecule has 0 aliphatic carbocycles. The van der Waals surface area contributed by atoms with E-state index in [-0.39, 0.29) is 17.4 Å². The van der Waals surface area contributed by atoms with Gasteiger partial charge in [0.05, 0.1) is 0 Å². The van der Waals surface area contributed by atoms with Crippen molar-refractivity contribution in [3.8, 4) is 0 Å². The van der Waals surface area contributed by atoms with Gasteiger partial charge in [0.2, 0.25) is 0 Å². The van der Waals surface area contributed by atoms with Crippen molar-refractivity contribution in [2.45, 2.75) is 20.3 Å². The van der Waals surface area contributed by atoms with Crippen LogP contribution in [0.2, 0.25) is 0 Å². The quantitative estimate of drug-likeness (QED) is 0.856. The summed E-state index contributed by atoms with van der Waals surface area (Å²) in [7, 11) is 0. The average molecular weight is 258 g/mol. The molecule has 1 amide bonds. The Hall–Kier alpha value is -2.43. The average Bonchev–Trinajstić information content (AvgIpc) is 2.88. The summed E-state index contributed by atoms with van der Waals surface area (Å²) in [6.45, 7) is 3.41. The molecule has 1 N–H and O–H groups in total. The smallest absolute Gasteiger partial charge is 0.277 e. The zero-order valence-corrected chi connectivity index (χ0v) is 10.8. The number of nitrogens with zero attached hydrogens (tertiary/aromatic N) is 1. The van der Waals surface area contributed by atoms with Crippen LogP contribution in [-0.4, -0.2) is 16.8 Å². The van der Waals surface area contributed by atoms with Gasteiger partial charge in [-0.2, -0.15) is 0 Å². The number of carbonyl (C=O) groups excluding carboxylic acids is 2. The molecule has 0 saturated heterocycles. The number of Topliss-reactive ketones (excluding diaryl/α,β-unsaturated/α-hetero) is 1. The third-order valence-corrected chi connectivity index (χ3v) is 2.69. The molecule has 0 aliphatic rings. The number of anilines is 1. The van der Waals surface area contributed by atoms with Crippen LogP contribution in [0.15, 0.2) is 34.9 Å². The first-order valence-corrected chi connectivity index (χ1v) is 5.98. The molecule has 19 heavy (non-hydrogen) atoms. The Morgan fingerprint density at radius 3 is 2.47 bits per heavy atom. The lowest BCUT2D eigenvalue weighted by atomic mass is 10.1. The summed E-state index contributed by atoms with van der Waals surface area (Å²) in [6, 6.07) is 8.29. The number of benzene rings is 1.